The smallest absolute Gasteiger partial charge is 0.254 e. The molecular weight excluding hydrogens is 230 g/mol. The van der Waals surface area contributed by atoms with Crippen molar-refractivity contribution in [1.82, 2.24) is 5.32 Å². The number of rotatable bonds is 3. The molecule has 2 amide bonds. The largest absolute Gasteiger partial charge is 0.481 e. The number of nitrogens with one attached hydrogen (secondary N) is 1. The molecule has 1 saturated heterocycles. The van der Waals surface area contributed by atoms with Crippen LogP contribution in [0.3, 0.4) is 0 Å². The lowest BCUT2D eigenvalue weighted by atomic mass is 10.1. The minimum Gasteiger partial charge on any atom is -0.481 e. The Morgan fingerprint density at radius 3 is 2.61 bits per heavy atom. The number of hydrogen-bond donors (Lipinski definition) is 1. The van der Waals surface area contributed by atoms with Crippen LogP contribution in [0, 0.1) is 12.3 Å². The highest BCUT2D eigenvalue weighted by Crippen LogP contribution is 2.17. The van der Waals surface area contributed by atoms with E-state index in [1.807, 2.05) is 0 Å². The lowest BCUT2D eigenvalue weighted by Gasteiger charge is -2.02. The molecule has 90 valence electrons. The molecule has 2 rings (SSSR count). The molecule has 4 nitrogen and oxygen atoms in total. The van der Waals surface area contributed by atoms with Crippen molar-refractivity contribution in [2.45, 2.75) is 6.42 Å². The SMILES string of the molecule is C#CCOc1ccc(/C=C2/CC(=O)NC2=O)cc1. The Kier molecular flexibility index (Phi) is 3.44. The highest BCUT2D eigenvalue weighted by Gasteiger charge is 2.23. The summed E-state index contributed by atoms with van der Waals surface area (Å²) in [5.74, 6) is 2.45. The van der Waals surface area contributed by atoms with E-state index in [4.69, 9.17) is 11.2 Å². The molecule has 0 unspecified atom stereocenters. The number of hydrogen-bond acceptors (Lipinski definition) is 3. The molecule has 1 heterocycles. The lowest BCUT2D eigenvalue weighted by Crippen LogP contribution is -2.19. The van der Waals surface area contributed by atoms with Gasteiger partial charge >= 0.3 is 0 Å². The van der Waals surface area contributed by atoms with Crippen LogP contribution in [0.2, 0.25) is 0 Å². The van der Waals surface area contributed by atoms with Crippen LogP contribution in [-0.2, 0) is 9.59 Å². The van der Waals surface area contributed by atoms with Gasteiger partial charge in [0.05, 0.1) is 6.42 Å². The summed E-state index contributed by atoms with van der Waals surface area (Å²) in [6.45, 7) is 0.220. The molecule has 18 heavy (non-hydrogen) atoms. The van der Waals surface area contributed by atoms with Gasteiger partial charge in [-0.3, -0.25) is 14.9 Å². The molecule has 1 fully saturated rings. The molecule has 0 aromatic heterocycles. The van der Waals surface area contributed by atoms with E-state index in [0.29, 0.717) is 11.3 Å². The quantitative estimate of drug-likeness (QED) is 0.490. The van der Waals surface area contributed by atoms with Crippen molar-refractivity contribution in [3.05, 3.63) is 35.4 Å². The van der Waals surface area contributed by atoms with E-state index in [-0.39, 0.29) is 24.8 Å². The van der Waals surface area contributed by atoms with E-state index in [9.17, 15) is 9.59 Å². The molecule has 0 bridgehead atoms. The van der Waals surface area contributed by atoms with Crippen molar-refractivity contribution in [1.29, 1.82) is 0 Å². The zero-order chi connectivity index (χ0) is 13.0. The molecule has 0 spiro atoms. The third kappa shape index (κ3) is 2.77. The van der Waals surface area contributed by atoms with Crippen molar-refractivity contribution >= 4 is 17.9 Å². The molecular formula is C14H11NO3. The first-order valence-corrected chi connectivity index (χ1v) is 5.40. The monoisotopic (exact) mass is 241 g/mol. The van der Waals surface area contributed by atoms with Crippen LogP contribution in [0.25, 0.3) is 6.08 Å². The average molecular weight is 241 g/mol. The molecule has 1 aromatic rings. The van der Waals surface area contributed by atoms with Crippen LogP contribution in [-0.4, -0.2) is 18.4 Å². The Morgan fingerprint density at radius 2 is 2.06 bits per heavy atom. The first-order chi connectivity index (χ1) is 8.69. The summed E-state index contributed by atoms with van der Waals surface area (Å²) in [5, 5.41) is 2.23. The van der Waals surface area contributed by atoms with Gasteiger partial charge < -0.3 is 4.74 Å². The summed E-state index contributed by atoms with van der Waals surface area (Å²) >= 11 is 0. The van der Waals surface area contributed by atoms with Crippen molar-refractivity contribution in [2.24, 2.45) is 0 Å². The second-order valence-electron chi connectivity index (χ2n) is 3.79. The van der Waals surface area contributed by atoms with E-state index >= 15 is 0 Å². The van der Waals surface area contributed by atoms with Crippen molar-refractivity contribution in [3.63, 3.8) is 0 Å². The van der Waals surface area contributed by atoms with Crippen LogP contribution in [0.5, 0.6) is 5.75 Å². The standard InChI is InChI=1S/C14H11NO3/c1-2-7-18-12-5-3-10(4-6-12)8-11-9-13(16)15-14(11)17/h1,3-6,8H,7,9H2,(H,15,16,17)/b11-8-. The summed E-state index contributed by atoms with van der Waals surface area (Å²) < 4.78 is 5.23. The fraction of sp³-hybridized carbons (Fsp3) is 0.143. The van der Waals surface area contributed by atoms with Gasteiger partial charge in [0.25, 0.3) is 5.91 Å². The Hall–Kier alpha value is -2.54. The summed E-state index contributed by atoms with van der Waals surface area (Å²) in [4.78, 5) is 22.4. The molecule has 1 aliphatic rings. The van der Waals surface area contributed by atoms with Gasteiger partial charge in [-0.2, -0.15) is 0 Å². The van der Waals surface area contributed by atoms with Crippen LogP contribution >= 0.6 is 0 Å². The Bertz CT molecular complexity index is 549. The number of carbonyl (C=O) groups is 2. The number of ether oxygens (including phenoxy) is 1. The Labute approximate surface area is 105 Å². The topological polar surface area (TPSA) is 55.4 Å². The van der Waals surface area contributed by atoms with Gasteiger partial charge in [-0.05, 0) is 23.8 Å². The van der Waals surface area contributed by atoms with Gasteiger partial charge in [0.1, 0.15) is 12.4 Å². The van der Waals surface area contributed by atoms with Crippen LogP contribution in [0.15, 0.2) is 29.8 Å². The third-order valence-electron chi connectivity index (χ3n) is 2.44. The summed E-state index contributed by atoms with van der Waals surface area (Å²) in [6.07, 6.45) is 6.90. The molecule has 1 N–H and O–H groups in total. The predicted molar refractivity (Wildman–Crippen MR) is 66.5 cm³/mol. The molecule has 4 heteroatoms. The maximum Gasteiger partial charge on any atom is 0.254 e. The van der Waals surface area contributed by atoms with E-state index in [2.05, 4.69) is 11.2 Å². The molecule has 1 aromatic carbocycles. The zero-order valence-corrected chi connectivity index (χ0v) is 9.60. The Morgan fingerprint density at radius 1 is 1.33 bits per heavy atom. The normalized spacial score (nSPS) is 16.5. The highest BCUT2D eigenvalue weighted by molar-refractivity contribution is 6.15. The fourth-order valence-corrected chi connectivity index (χ4v) is 1.61. The first kappa shape index (κ1) is 11.9. The van der Waals surface area contributed by atoms with E-state index < -0.39 is 0 Å². The van der Waals surface area contributed by atoms with Crippen molar-refractivity contribution in [2.75, 3.05) is 6.61 Å². The highest BCUT2D eigenvalue weighted by atomic mass is 16.5. The van der Waals surface area contributed by atoms with Gasteiger partial charge in [0.2, 0.25) is 5.91 Å². The molecule has 0 atom stereocenters. The predicted octanol–water partition coefficient (Wildman–Crippen LogP) is 1.13. The second kappa shape index (κ2) is 5.19. The number of carbonyl (C=O) groups excluding carboxylic acids is 2. The third-order valence-corrected chi connectivity index (χ3v) is 2.44. The van der Waals surface area contributed by atoms with Crippen molar-refractivity contribution in [3.8, 4) is 18.1 Å². The van der Waals surface area contributed by atoms with E-state index in [1.165, 1.54) is 0 Å². The van der Waals surface area contributed by atoms with Gasteiger partial charge in [-0.1, -0.05) is 18.1 Å². The van der Waals surface area contributed by atoms with E-state index in [1.54, 1.807) is 30.3 Å². The average Bonchev–Trinajstić information content (AvgIpc) is 2.67. The Balaban J connectivity index is 2.11. The first-order valence-electron chi connectivity index (χ1n) is 5.40. The lowest BCUT2D eigenvalue weighted by molar-refractivity contribution is -0.124. The van der Waals surface area contributed by atoms with Crippen LogP contribution < -0.4 is 10.1 Å². The van der Waals surface area contributed by atoms with Gasteiger partial charge in [-0.15, -0.1) is 6.42 Å². The van der Waals surface area contributed by atoms with Gasteiger partial charge in [0.15, 0.2) is 0 Å². The maximum atomic E-state index is 11.4. The maximum absolute atomic E-state index is 11.4. The molecule has 0 radical (unpaired) electrons. The summed E-state index contributed by atoms with van der Waals surface area (Å²) in [5.41, 5.74) is 1.31. The zero-order valence-electron chi connectivity index (χ0n) is 9.60. The van der Waals surface area contributed by atoms with E-state index in [0.717, 1.165) is 5.56 Å². The van der Waals surface area contributed by atoms with Crippen LogP contribution in [0.1, 0.15) is 12.0 Å². The van der Waals surface area contributed by atoms with Crippen LogP contribution in [0.4, 0.5) is 0 Å². The summed E-state index contributed by atoms with van der Waals surface area (Å²) in [7, 11) is 0. The van der Waals surface area contributed by atoms with Gasteiger partial charge in [0, 0.05) is 5.57 Å². The summed E-state index contributed by atoms with van der Waals surface area (Å²) in [6, 6.07) is 7.13. The number of imide groups is 1. The second-order valence-corrected chi connectivity index (χ2v) is 3.79. The molecule has 1 aliphatic heterocycles. The molecule has 0 saturated carbocycles. The van der Waals surface area contributed by atoms with Gasteiger partial charge in [-0.25, -0.2) is 0 Å². The number of amides is 2. The minimum absolute atomic E-state index is 0.133. The fourth-order valence-electron chi connectivity index (χ4n) is 1.61. The molecule has 0 aliphatic carbocycles. The number of terminal acetylenes is 1. The minimum atomic E-state index is -0.326. The van der Waals surface area contributed by atoms with Crippen molar-refractivity contribution < 1.29 is 14.3 Å². The number of benzene rings is 1.